The fourth-order valence-electron chi connectivity index (χ4n) is 1.74. The molecule has 1 aliphatic heterocycles. The zero-order valence-corrected chi connectivity index (χ0v) is 12.7. The first-order chi connectivity index (χ1) is 9.08. The number of rotatable bonds is 4. The van der Waals surface area contributed by atoms with E-state index in [4.69, 9.17) is 9.47 Å². The Balaban J connectivity index is 2.03. The van der Waals surface area contributed by atoms with Crippen molar-refractivity contribution in [2.45, 2.75) is 31.9 Å². The molecule has 4 nitrogen and oxygen atoms in total. The minimum atomic E-state index is -0.597. The second kappa shape index (κ2) is 5.82. The Morgan fingerprint density at radius 3 is 2.79 bits per heavy atom. The van der Waals surface area contributed by atoms with Gasteiger partial charge < -0.3 is 14.8 Å². The van der Waals surface area contributed by atoms with Crippen LogP contribution in [-0.4, -0.2) is 29.5 Å². The molecule has 19 heavy (non-hydrogen) atoms. The summed E-state index contributed by atoms with van der Waals surface area (Å²) in [6, 6.07) is 7.37. The summed E-state index contributed by atoms with van der Waals surface area (Å²) in [4.78, 5) is 12.2. The SMILES string of the molecule is CCC(C)(CBr)NC(=O)C1COc2ccccc2O1. The molecule has 0 spiro atoms. The Morgan fingerprint density at radius 2 is 2.16 bits per heavy atom. The van der Waals surface area contributed by atoms with E-state index in [9.17, 15) is 4.79 Å². The van der Waals surface area contributed by atoms with Gasteiger partial charge in [-0.15, -0.1) is 0 Å². The smallest absolute Gasteiger partial charge is 0.265 e. The largest absolute Gasteiger partial charge is 0.485 e. The maximum absolute atomic E-state index is 12.2. The number of carbonyl (C=O) groups is 1. The normalized spacial score (nSPS) is 20.5. The Morgan fingerprint density at radius 1 is 1.47 bits per heavy atom. The lowest BCUT2D eigenvalue weighted by molar-refractivity contribution is -0.132. The maximum Gasteiger partial charge on any atom is 0.265 e. The highest BCUT2D eigenvalue weighted by molar-refractivity contribution is 9.09. The molecule has 2 unspecified atom stereocenters. The monoisotopic (exact) mass is 327 g/mol. The summed E-state index contributed by atoms with van der Waals surface area (Å²) in [5.41, 5.74) is -0.266. The number of ether oxygens (including phenoxy) is 2. The van der Waals surface area contributed by atoms with Gasteiger partial charge in [-0.1, -0.05) is 35.0 Å². The van der Waals surface area contributed by atoms with Gasteiger partial charge >= 0.3 is 0 Å². The molecule has 2 rings (SSSR count). The molecule has 0 fully saturated rings. The molecule has 104 valence electrons. The van der Waals surface area contributed by atoms with E-state index in [0.29, 0.717) is 16.8 Å². The van der Waals surface area contributed by atoms with E-state index in [0.717, 1.165) is 6.42 Å². The number of nitrogens with one attached hydrogen (secondary N) is 1. The molecule has 1 aromatic carbocycles. The van der Waals surface area contributed by atoms with Crippen LogP contribution in [0.3, 0.4) is 0 Å². The van der Waals surface area contributed by atoms with E-state index in [1.807, 2.05) is 32.0 Å². The first-order valence-electron chi connectivity index (χ1n) is 6.34. The predicted octanol–water partition coefficient (Wildman–Crippen LogP) is 2.51. The van der Waals surface area contributed by atoms with Gasteiger partial charge in [0, 0.05) is 10.9 Å². The van der Waals surface area contributed by atoms with E-state index >= 15 is 0 Å². The third kappa shape index (κ3) is 3.21. The fraction of sp³-hybridized carbons (Fsp3) is 0.500. The van der Waals surface area contributed by atoms with Crippen LogP contribution in [0.4, 0.5) is 0 Å². The second-order valence-electron chi connectivity index (χ2n) is 4.90. The molecule has 1 amide bonds. The average molecular weight is 328 g/mol. The van der Waals surface area contributed by atoms with Crippen LogP contribution in [-0.2, 0) is 4.79 Å². The summed E-state index contributed by atoms with van der Waals surface area (Å²) in [7, 11) is 0. The Kier molecular flexibility index (Phi) is 4.34. The Hall–Kier alpha value is -1.23. The van der Waals surface area contributed by atoms with Crippen molar-refractivity contribution in [2.75, 3.05) is 11.9 Å². The maximum atomic E-state index is 12.2. The quantitative estimate of drug-likeness (QED) is 0.864. The number of halogens is 1. The molecule has 0 saturated carbocycles. The molecule has 1 heterocycles. The molecule has 0 saturated heterocycles. The van der Waals surface area contributed by atoms with Gasteiger partial charge in [-0.2, -0.15) is 0 Å². The van der Waals surface area contributed by atoms with Crippen LogP contribution in [0.5, 0.6) is 11.5 Å². The molecule has 1 aromatic rings. The minimum Gasteiger partial charge on any atom is -0.485 e. The van der Waals surface area contributed by atoms with Crippen molar-refractivity contribution in [1.82, 2.24) is 5.32 Å². The number of amides is 1. The lowest BCUT2D eigenvalue weighted by Gasteiger charge is -2.31. The summed E-state index contributed by atoms with van der Waals surface area (Å²) in [5, 5.41) is 3.70. The minimum absolute atomic E-state index is 0.140. The summed E-state index contributed by atoms with van der Waals surface area (Å²) >= 11 is 3.42. The number of alkyl halides is 1. The fourth-order valence-corrected chi connectivity index (χ4v) is 2.28. The van der Waals surface area contributed by atoms with E-state index < -0.39 is 6.10 Å². The summed E-state index contributed by atoms with van der Waals surface area (Å²) < 4.78 is 11.2. The predicted molar refractivity (Wildman–Crippen MR) is 77.0 cm³/mol. The van der Waals surface area contributed by atoms with Crippen LogP contribution in [0.1, 0.15) is 20.3 Å². The van der Waals surface area contributed by atoms with Gasteiger partial charge in [0.15, 0.2) is 11.5 Å². The van der Waals surface area contributed by atoms with Crippen LogP contribution in [0, 0.1) is 0 Å². The number of para-hydroxylation sites is 2. The Bertz CT molecular complexity index is 460. The molecule has 0 radical (unpaired) electrons. The van der Waals surface area contributed by atoms with Crippen molar-refractivity contribution < 1.29 is 14.3 Å². The van der Waals surface area contributed by atoms with Crippen molar-refractivity contribution >= 4 is 21.8 Å². The molecule has 2 atom stereocenters. The van der Waals surface area contributed by atoms with Crippen molar-refractivity contribution in [3.05, 3.63) is 24.3 Å². The third-order valence-corrected chi connectivity index (χ3v) is 4.54. The van der Waals surface area contributed by atoms with Gasteiger partial charge in [-0.05, 0) is 25.5 Å². The molecule has 0 aliphatic carbocycles. The van der Waals surface area contributed by atoms with Crippen LogP contribution < -0.4 is 14.8 Å². The van der Waals surface area contributed by atoms with Crippen LogP contribution in [0.15, 0.2) is 24.3 Å². The highest BCUT2D eigenvalue weighted by Crippen LogP contribution is 2.31. The highest BCUT2D eigenvalue weighted by Gasteiger charge is 2.31. The van der Waals surface area contributed by atoms with Crippen molar-refractivity contribution in [2.24, 2.45) is 0 Å². The molecule has 0 aromatic heterocycles. The summed E-state index contributed by atoms with van der Waals surface area (Å²) in [5.74, 6) is 1.16. The highest BCUT2D eigenvalue weighted by atomic mass is 79.9. The number of hydrogen-bond donors (Lipinski definition) is 1. The molecule has 5 heteroatoms. The second-order valence-corrected chi connectivity index (χ2v) is 5.46. The molecule has 1 aliphatic rings. The summed E-state index contributed by atoms with van der Waals surface area (Å²) in [6.07, 6.45) is 0.244. The third-order valence-electron chi connectivity index (χ3n) is 3.30. The van der Waals surface area contributed by atoms with Crippen molar-refractivity contribution in [1.29, 1.82) is 0 Å². The van der Waals surface area contributed by atoms with E-state index in [-0.39, 0.29) is 18.1 Å². The van der Waals surface area contributed by atoms with Crippen LogP contribution in [0.25, 0.3) is 0 Å². The van der Waals surface area contributed by atoms with Gasteiger partial charge in [0.05, 0.1) is 0 Å². The van der Waals surface area contributed by atoms with E-state index in [2.05, 4.69) is 21.2 Å². The number of carbonyl (C=O) groups excluding carboxylic acids is 1. The Labute approximate surface area is 121 Å². The average Bonchev–Trinajstić information content (AvgIpc) is 2.46. The molecular weight excluding hydrogens is 310 g/mol. The van der Waals surface area contributed by atoms with E-state index in [1.165, 1.54) is 0 Å². The van der Waals surface area contributed by atoms with Gasteiger partial charge in [0.25, 0.3) is 5.91 Å². The molecule has 0 bridgehead atoms. The first kappa shape index (κ1) is 14.2. The topological polar surface area (TPSA) is 47.6 Å². The van der Waals surface area contributed by atoms with Crippen LogP contribution >= 0.6 is 15.9 Å². The van der Waals surface area contributed by atoms with Crippen molar-refractivity contribution in [3.63, 3.8) is 0 Å². The number of fused-ring (bicyclic) bond motifs is 1. The van der Waals surface area contributed by atoms with Crippen molar-refractivity contribution in [3.8, 4) is 11.5 Å². The van der Waals surface area contributed by atoms with Gasteiger partial charge in [-0.25, -0.2) is 0 Å². The van der Waals surface area contributed by atoms with E-state index in [1.54, 1.807) is 6.07 Å². The number of benzene rings is 1. The molecule has 1 N–H and O–H groups in total. The first-order valence-corrected chi connectivity index (χ1v) is 7.46. The van der Waals surface area contributed by atoms with Gasteiger partial charge in [-0.3, -0.25) is 4.79 Å². The zero-order valence-electron chi connectivity index (χ0n) is 11.1. The standard InChI is InChI=1S/C14H18BrNO3/c1-3-14(2,9-15)16-13(17)12-8-18-10-6-4-5-7-11(10)19-12/h4-7,12H,3,8-9H2,1-2H3,(H,16,17). The lowest BCUT2D eigenvalue weighted by Crippen LogP contribution is -2.53. The molecular formula is C14H18BrNO3. The lowest BCUT2D eigenvalue weighted by atomic mass is 10.0. The van der Waals surface area contributed by atoms with Crippen LogP contribution in [0.2, 0.25) is 0 Å². The summed E-state index contributed by atoms with van der Waals surface area (Å²) in [6.45, 7) is 4.28. The zero-order chi connectivity index (χ0) is 13.9. The van der Waals surface area contributed by atoms with Gasteiger partial charge in [0.2, 0.25) is 6.10 Å². The number of hydrogen-bond acceptors (Lipinski definition) is 3. The van der Waals surface area contributed by atoms with Gasteiger partial charge in [0.1, 0.15) is 6.61 Å².